The standard InChI is InChI=1S/C12H26O6/c1-2-12(9-14,10-15)11-18-8-7-17-6-5-16-4-3-13/h13-15H,2-11H2,1H3. The molecule has 18 heavy (non-hydrogen) atoms. The molecule has 0 aromatic heterocycles. The number of hydrogen-bond donors (Lipinski definition) is 3. The van der Waals surface area contributed by atoms with Crippen molar-refractivity contribution in [2.45, 2.75) is 13.3 Å². The van der Waals surface area contributed by atoms with Gasteiger partial charge in [0.2, 0.25) is 0 Å². The first-order valence-corrected chi connectivity index (χ1v) is 6.30. The zero-order valence-electron chi connectivity index (χ0n) is 11.1. The second-order valence-corrected chi connectivity index (χ2v) is 4.17. The molecule has 3 N–H and O–H groups in total. The molecule has 0 spiro atoms. The first kappa shape index (κ1) is 17.8. The summed E-state index contributed by atoms with van der Waals surface area (Å²) in [4.78, 5) is 0. The third kappa shape index (κ3) is 7.97. The maximum absolute atomic E-state index is 9.19. The zero-order chi connectivity index (χ0) is 13.7. The predicted molar refractivity (Wildman–Crippen MR) is 66.4 cm³/mol. The maximum atomic E-state index is 9.19. The van der Waals surface area contributed by atoms with E-state index in [1.165, 1.54) is 0 Å². The summed E-state index contributed by atoms with van der Waals surface area (Å²) in [6, 6.07) is 0. The van der Waals surface area contributed by atoms with E-state index >= 15 is 0 Å². The molecule has 6 nitrogen and oxygen atoms in total. The molecule has 110 valence electrons. The van der Waals surface area contributed by atoms with Crippen molar-refractivity contribution in [2.24, 2.45) is 5.41 Å². The van der Waals surface area contributed by atoms with Crippen LogP contribution in [0.3, 0.4) is 0 Å². The van der Waals surface area contributed by atoms with Crippen LogP contribution in [-0.2, 0) is 14.2 Å². The van der Waals surface area contributed by atoms with Gasteiger partial charge in [-0.2, -0.15) is 0 Å². The van der Waals surface area contributed by atoms with E-state index in [0.717, 1.165) is 0 Å². The highest BCUT2D eigenvalue weighted by Crippen LogP contribution is 2.20. The van der Waals surface area contributed by atoms with Crippen LogP contribution in [0.5, 0.6) is 0 Å². The van der Waals surface area contributed by atoms with Crippen LogP contribution in [0.25, 0.3) is 0 Å². The highest BCUT2D eigenvalue weighted by molar-refractivity contribution is 4.75. The smallest absolute Gasteiger partial charge is 0.0701 e. The Labute approximate surface area is 108 Å². The van der Waals surface area contributed by atoms with Crippen LogP contribution in [0.4, 0.5) is 0 Å². The Morgan fingerprint density at radius 1 is 0.778 bits per heavy atom. The fraction of sp³-hybridized carbons (Fsp3) is 1.00. The van der Waals surface area contributed by atoms with Gasteiger partial charge in [-0.15, -0.1) is 0 Å². The zero-order valence-corrected chi connectivity index (χ0v) is 11.1. The molecule has 0 aromatic rings. The fourth-order valence-electron chi connectivity index (χ4n) is 1.26. The van der Waals surface area contributed by atoms with Gasteiger partial charge in [-0.25, -0.2) is 0 Å². The Balaban J connectivity index is 3.38. The molecule has 0 aliphatic rings. The van der Waals surface area contributed by atoms with Crippen molar-refractivity contribution >= 4 is 0 Å². The molecule has 0 radical (unpaired) electrons. The molecular formula is C12H26O6. The van der Waals surface area contributed by atoms with Gasteiger partial charge in [-0.05, 0) is 6.42 Å². The Bertz CT molecular complexity index is 164. The molecule has 0 saturated carbocycles. The Kier molecular flexibility index (Phi) is 11.7. The molecule has 0 unspecified atom stereocenters. The van der Waals surface area contributed by atoms with Crippen molar-refractivity contribution in [3.05, 3.63) is 0 Å². The van der Waals surface area contributed by atoms with Gasteiger partial charge in [0.1, 0.15) is 0 Å². The van der Waals surface area contributed by atoms with Gasteiger partial charge in [0.25, 0.3) is 0 Å². The molecule has 0 bridgehead atoms. The summed E-state index contributed by atoms with van der Waals surface area (Å²) in [5.74, 6) is 0. The van der Waals surface area contributed by atoms with Crippen molar-refractivity contribution in [1.82, 2.24) is 0 Å². The first-order valence-electron chi connectivity index (χ1n) is 6.30. The van der Waals surface area contributed by atoms with Crippen LogP contribution in [0, 0.1) is 5.41 Å². The van der Waals surface area contributed by atoms with E-state index in [4.69, 9.17) is 19.3 Å². The summed E-state index contributed by atoms with van der Waals surface area (Å²) >= 11 is 0. The molecule has 0 aliphatic heterocycles. The van der Waals surface area contributed by atoms with Crippen molar-refractivity contribution < 1.29 is 29.5 Å². The Morgan fingerprint density at radius 2 is 1.28 bits per heavy atom. The van der Waals surface area contributed by atoms with E-state index in [-0.39, 0.29) is 19.8 Å². The van der Waals surface area contributed by atoms with Crippen LogP contribution < -0.4 is 0 Å². The van der Waals surface area contributed by atoms with Crippen LogP contribution >= 0.6 is 0 Å². The van der Waals surface area contributed by atoms with Gasteiger partial charge in [0.15, 0.2) is 0 Å². The summed E-state index contributed by atoms with van der Waals surface area (Å²) in [7, 11) is 0. The highest BCUT2D eigenvalue weighted by Gasteiger charge is 2.26. The van der Waals surface area contributed by atoms with Crippen molar-refractivity contribution in [1.29, 1.82) is 0 Å². The van der Waals surface area contributed by atoms with E-state index in [1.54, 1.807) is 0 Å². The lowest BCUT2D eigenvalue weighted by molar-refractivity contribution is -0.0485. The molecule has 0 saturated heterocycles. The van der Waals surface area contributed by atoms with Gasteiger partial charge in [-0.3, -0.25) is 0 Å². The van der Waals surface area contributed by atoms with Gasteiger partial charge >= 0.3 is 0 Å². The largest absolute Gasteiger partial charge is 0.396 e. The van der Waals surface area contributed by atoms with Crippen molar-refractivity contribution in [3.63, 3.8) is 0 Å². The summed E-state index contributed by atoms with van der Waals surface area (Å²) in [6.45, 7) is 4.17. The van der Waals surface area contributed by atoms with Gasteiger partial charge < -0.3 is 29.5 Å². The van der Waals surface area contributed by atoms with Crippen LogP contribution in [0.15, 0.2) is 0 Å². The highest BCUT2D eigenvalue weighted by atomic mass is 16.5. The Morgan fingerprint density at radius 3 is 1.72 bits per heavy atom. The third-order valence-electron chi connectivity index (χ3n) is 2.81. The topological polar surface area (TPSA) is 88.4 Å². The molecule has 0 amide bonds. The molecule has 0 aliphatic carbocycles. The number of ether oxygens (including phenoxy) is 3. The van der Waals surface area contributed by atoms with E-state index in [2.05, 4.69) is 0 Å². The van der Waals surface area contributed by atoms with Crippen molar-refractivity contribution in [3.8, 4) is 0 Å². The van der Waals surface area contributed by atoms with Crippen LogP contribution in [0.1, 0.15) is 13.3 Å². The molecule has 0 rings (SSSR count). The van der Waals surface area contributed by atoms with Gasteiger partial charge in [0.05, 0.1) is 59.5 Å². The lowest BCUT2D eigenvalue weighted by atomic mass is 9.88. The molecule has 6 heteroatoms. The van der Waals surface area contributed by atoms with Crippen LogP contribution in [-0.4, -0.2) is 74.8 Å². The molecule has 0 heterocycles. The fourth-order valence-corrected chi connectivity index (χ4v) is 1.26. The average molecular weight is 266 g/mol. The minimum Gasteiger partial charge on any atom is -0.396 e. The Hall–Kier alpha value is -0.240. The van der Waals surface area contributed by atoms with Crippen molar-refractivity contribution in [2.75, 3.05) is 59.5 Å². The third-order valence-corrected chi connectivity index (χ3v) is 2.81. The number of aliphatic hydroxyl groups excluding tert-OH is 3. The minimum atomic E-state index is -0.551. The predicted octanol–water partition coefficient (Wildman–Crippen LogP) is -0.590. The number of hydrogen-bond acceptors (Lipinski definition) is 6. The lowest BCUT2D eigenvalue weighted by Crippen LogP contribution is -2.34. The number of aliphatic hydroxyl groups is 3. The first-order chi connectivity index (χ1) is 8.74. The molecule has 0 fully saturated rings. The van der Waals surface area contributed by atoms with E-state index in [1.807, 2.05) is 6.92 Å². The molecular weight excluding hydrogens is 240 g/mol. The van der Waals surface area contributed by atoms with Gasteiger partial charge in [0, 0.05) is 5.41 Å². The van der Waals surface area contributed by atoms with E-state index in [0.29, 0.717) is 46.1 Å². The summed E-state index contributed by atoms with van der Waals surface area (Å²) in [6.07, 6.45) is 0.663. The van der Waals surface area contributed by atoms with E-state index < -0.39 is 5.41 Å². The SMILES string of the molecule is CCC(CO)(CO)COCCOCCOCCO. The number of rotatable bonds is 13. The normalized spacial score (nSPS) is 12.0. The van der Waals surface area contributed by atoms with Gasteiger partial charge in [-0.1, -0.05) is 6.92 Å². The lowest BCUT2D eigenvalue weighted by Gasteiger charge is -2.27. The average Bonchev–Trinajstić information content (AvgIpc) is 2.42. The summed E-state index contributed by atoms with van der Waals surface area (Å²) < 4.78 is 15.6. The second kappa shape index (κ2) is 11.8. The monoisotopic (exact) mass is 266 g/mol. The second-order valence-electron chi connectivity index (χ2n) is 4.17. The summed E-state index contributed by atoms with van der Waals surface area (Å²) in [5, 5.41) is 26.8. The quantitative estimate of drug-likeness (QED) is 0.386. The van der Waals surface area contributed by atoms with E-state index in [9.17, 15) is 10.2 Å². The molecule has 0 aromatic carbocycles. The summed E-state index contributed by atoms with van der Waals surface area (Å²) in [5.41, 5.74) is -0.551. The maximum Gasteiger partial charge on any atom is 0.0701 e. The van der Waals surface area contributed by atoms with Crippen LogP contribution in [0.2, 0.25) is 0 Å². The minimum absolute atomic E-state index is 0.0184. The molecule has 0 atom stereocenters.